The van der Waals surface area contributed by atoms with E-state index >= 15 is 0 Å². The van der Waals surface area contributed by atoms with Crippen molar-refractivity contribution in [3.63, 3.8) is 0 Å². The van der Waals surface area contributed by atoms with Crippen molar-refractivity contribution in [2.75, 3.05) is 4.90 Å². The Morgan fingerprint density at radius 3 is 1.69 bits per heavy atom. The van der Waals surface area contributed by atoms with Gasteiger partial charge in [-0.2, -0.15) is 0 Å². The first-order valence-electron chi connectivity index (χ1n) is 12.1. The summed E-state index contributed by atoms with van der Waals surface area (Å²) in [5, 5.41) is 0.519. The van der Waals surface area contributed by atoms with Crippen LogP contribution in [0.3, 0.4) is 0 Å². The Morgan fingerprint density at radius 1 is 0.714 bits per heavy atom. The standard InChI is InChI=1S/C31H26ClNO2/c1-17-4-9-20(10-5-17)26(21-11-6-18(2)7-12-21)27-23-14-15-24(27)29-28(23)30(34)33(31(29)35)25-16-22(32)13-8-19(25)3/h4-16,23-24,28-29H,1-3H3/t23-,24-,28-,29-/m1/s1. The maximum absolute atomic E-state index is 13.8. The van der Waals surface area contributed by atoms with Gasteiger partial charge in [-0.3, -0.25) is 9.59 Å². The fourth-order valence-electron chi connectivity index (χ4n) is 6.10. The van der Waals surface area contributed by atoms with Gasteiger partial charge in [0.1, 0.15) is 0 Å². The summed E-state index contributed by atoms with van der Waals surface area (Å²) in [6, 6.07) is 22.4. The molecule has 0 spiro atoms. The highest BCUT2D eigenvalue weighted by atomic mass is 35.5. The van der Waals surface area contributed by atoms with Crippen molar-refractivity contribution in [1.82, 2.24) is 0 Å². The molecule has 4 heteroatoms. The van der Waals surface area contributed by atoms with Crippen LogP contribution in [-0.4, -0.2) is 11.8 Å². The van der Waals surface area contributed by atoms with E-state index in [1.807, 2.05) is 13.0 Å². The molecule has 3 aliphatic rings. The van der Waals surface area contributed by atoms with Crippen molar-refractivity contribution in [3.8, 4) is 0 Å². The van der Waals surface area contributed by atoms with Crippen LogP contribution in [0.15, 0.2) is 84.5 Å². The zero-order valence-corrected chi connectivity index (χ0v) is 20.7. The lowest BCUT2D eigenvalue weighted by Gasteiger charge is -2.23. The lowest BCUT2D eigenvalue weighted by Crippen LogP contribution is -2.33. The van der Waals surface area contributed by atoms with Gasteiger partial charge in [-0.1, -0.05) is 89.5 Å². The third kappa shape index (κ3) is 3.33. The summed E-state index contributed by atoms with van der Waals surface area (Å²) in [5.41, 5.74) is 8.44. The highest BCUT2D eigenvalue weighted by molar-refractivity contribution is 6.31. The average Bonchev–Trinajstić information content (AvgIpc) is 3.47. The zero-order chi connectivity index (χ0) is 24.4. The van der Waals surface area contributed by atoms with E-state index in [0.717, 1.165) is 22.3 Å². The Morgan fingerprint density at radius 2 is 1.20 bits per heavy atom. The lowest BCUT2D eigenvalue weighted by atomic mass is 9.85. The first-order valence-corrected chi connectivity index (χ1v) is 12.4. The Kier molecular flexibility index (Phi) is 5.08. The SMILES string of the molecule is Cc1ccc(C(=C2[C@H]3C=C[C@H]2[C@H]2C(=O)N(c4cc(Cl)ccc4C)C(=O)[C@@H]23)c2ccc(C)cc2)cc1. The zero-order valence-electron chi connectivity index (χ0n) is 20.0. The number of hydrogen-bond donors (Lipinski definition) is 0. The number of carbonyl (C=O) groups is 2. The van der Waals surface area contributed by atoms with Crippen LogP contribution in [0.4, 0.5) is 5.69 Å². The Hall–Kier alpha value is -3.43. The maximum Gasteiger partial charge on any atom is 0.238 e. The number of halogens is 1. The molecule has 1 heterocycles. The molecule has 3 aromatic rings. The molecule has 2 bridgehead atoms. The molecular weight excluding hydrogens is 454 g/mol. The number of fused-ring (bicyclic) bond motifs is 5. The molecule has 2 aliphatic carbocycles. The van der Waals surface area contributed by atoms with Gasteiger partial charge in [-0.05, 0) is 60.7 Å². The minimum Gasteiger partial charge on any atom is -0.274 e. The predicted molar refractivity (Wildman–Crippen MR) is 140 cm³/mol. The van der Waals surface area contributed by atoms with Crippen LogP contribution in [0.1, 0.15) is 27.8 Å². The van der Waals surface area contributed by atoms with Crippen molar-refractivity contribution < 1.29 is 9.59 Å². The molecule has 2 amide bonds. The monoisotopic (exact) mass is 479 g/mol. The highest BCUT2D eigenvalue weighted by Crippen LogP contribution is 2.59. The first kappa shape index (κ1) is 22.1. The fourth-order valence-corrected chi connectivity index (χ4v) is 6.26. The number of nitrogens with zero attached hydrogens (tertiary/aromatic N) is 1. The number of amides is 2. The van der Waals surface area contributed by atoms with Crippen molar-refractivity contribution in [3.05, 3.63) is 117 Å². The van der Waals surface area contributed by atoms with Gasteiger partial charge in [0, 0.05) is 16.9 Å². The Balaban J connectivity index is 1.49. The summed E-state index contributed by atoms with van der Waals surface area (Å²) >= 11 is 6.23. The number of rotatable bonds is 3. The van der Waals surface area contributed by atoms with Gasteiger partial charge < -0.3 is 0 Å². The summed E-state index contributed by atoms with van der Waals surface area (Å²) in [6.45, 7) is 6.07. The van der Waals surface area contributed by atoms with E-state index in [9.17, 15) is 9.59 Å². The molecule has 3 aromatic carbocycles. The quantitative estimate of drug-likeness (QED) is 0.310. The number of allylic oxidation sites excluding steroid dienone is 3. The Bertz CT molecular complexity index is 1350. The lowest BCUT2D eigenvalue weighted by molar-refractivity contribution is -0.122. The van der Waals surface area contributed by atoms with E-state index in [1.54, 1.807) is 12.1 Å². The van der Waals surface area contributed by atoms with E-state index < -0.39 is 0 Å². The highest BCUT2D eigenvalue weighted by Gasteiger charge is 2.62. The van der Waals surface area contributed by atoms with Gasteiger partial charge in [0.15, 0.2) is 0 Å². The topological polar surface area (TPSA) is 37.4 Å². The van der Waals surface area contributed by atoms with Gasteiger partial charge in [0.05, 0.1) is 17.5 Å². The summed E-state index contributed by atoms with van der Waals surface area (Å²) < 4.78 is 0. The molecular formula is C31H26ClNO2. The molecule has 6 rings (SSSR count). The van der Waals surface area contributed by atoms with Gasteiger partial charge >= 0.3 is 0 Å². The van der Waals surface area contributed by atoms with Crippen molar-refractivity contribution in [2.45, 2.75) is 20.8 Å². The van der Waals surface area contributed by atoms with Gasteiger partial charge in [-0.15, -0.1) is 0 Å². The largest absolute Gasteiger partial charge is 0.274 e. The van der Waals surface area contributed by atoms with E-state index in [-0.39, 0.29) is 35.5 Å². The summed E-state index contributed by atoms with van der Waals surface area (Å²) in [4.78, 5) is 29.0. The fraction of sp³-hybridized carbons (Fsp3) is 0.226. The van der Waals surface area contributed by atoms with E-state index in [2.05, 4.69) is 74.5 Å². The molecule has 0 unspecified atom stereocenters. The van der Waals surface area contributed by atoms with Gasteiger partial charge in [-0.25, -0.2) is 4.90 Å². The van der Waals surface area contributed by atoms with E-state index in [0.29, 0.717) is 10.7 Å². The molecule has 174 valence electrons. The van der Waals surface area contributed by atoms with Gasteiger partial charge in [0.25, 0.3) is 0 Å². The maximum atomic E-state index is 13.8. The van der Waals surface area contributed by atoms with Crippen LogP contribution in [0, 0.1) is 44.4 Å². The normalized spacial score (nSPS) is 24.5. The second kappa shape index (κ2) is 8.07. The molecule has 0 radical (unpaired) electrons. The van der Waals surface area contributed by atoms with Crippen molar-refractivity contribution >= 4 is 34.7 Å². The molecule has 1 saturated carbocycles. The van der Waals surface area contributed by atoms with Crippen molar-refractivity contribution in [1.29, 1.82) is 0 Å². The third-order valence-corrected chi connectivity index (χ3v) is 8.03. The van der Waals surface area contributed by atoms with Crippen LogP contribution in [0.25, 0.3) is 5.57 Å². The summed E-state index contributed by atoms with van der Waals surface area (Å²) in [6.07, 6.45) is 4.28. The van der Waals surface area contributed by atoms with E-state index in [1.165, 1.54) is 21.6 Å². The predicted octanol–water partition coefficient (Wildman–Crippen LogP) is 6.69. The smallest absolute Gasteiger partial charge is 0.238 e. The number of benzene rings is 3. The number of anilines is 1. The van der Waals surface area contributed by atoms with Crippen LogP contribution in [0.2, 0.25) is 5.02 Å². The number of imide groups is 1. The van der Waals surface area contributed by atoms with Crippen molar-refractivity contribution in [2.24, 2.45) is 23.7 Å². The Labute approximate surface area is 210 Å². The molecule has 3 nitrogen and oxygen atoms in total. The number of carbonyl (C=O) groups excluding carboxylic acids is 2. The third-order valence-electron chi connectivity index (χ3n) is 7.80. The molecule has 4 atom stereocenters. The first-order chi connectivity index (χ1) is 16.8. The number of aryl methyl sites for hydroxylation is 3. The summed E-state index contributed by atoms with van der Waals surface area (Å²) in [5.74, 6) is -1.18. The molecule has 2 fully saturated rings. The summed E-state index contributed by atoms with van der Waals surface area (Å²) in [7, 11) is 0. The van der Waals surface area contributed by atoms with Crippen LogP contribution in [0.5, 0.6) is 0 Å². The molecule has 0 N–H and O–H groups in total. The van der Waals surface area contributed by atoms with E-state index in [4.69, 9.17) is 11.6 Å². The molecule has 1 saturated heterocycles. The average molecular weight is 480 g/mol. The minimum absolute atomic E-state index is 0.0939. The second-order valence-corrected chi connectivity index (χ2v) is 10.4. The minimum atomic E-state index is -0.378. The van der Waals surface area contributed by atoms with Crippen LogP contribution < -0.4 is 4.90 Å². The van der Waals surface area contributed by atoms with Crippen LogP contribution in [-0.2, 0) is 9.59 Å². The molecule has 35 heavy (non-hydrogen) atoms. The molecule has 0 aromatic heterocycles. The molecule has 1 aliphatic heterocycles. The van der Waals surface area contributed by atoms with Crippen LogP contribution >= 0.6 is 11.6 Å². The second-order valence-electron chi connectivity index (χ2n) is 9.99. The number of hydrogen-bond acceptors (Lipinski definition) is 2. The van der Waals surface area contributed by atoms with Gasteiger partial charge in [0.2, 0.25) is 11.8 Å².